The molecular weight excluding hydrogens is 204 g/mol. The van der Waals surface area contributed by atoms with Crippen molar-refractivity contribution in [1.82, 2.24) is 0 Å². The van der Waals surface area contributed by atoms with Crippen LogP contribution < -0.4 is 0 Å². The summed E-state index contributed by atoms with van der Waals surface area (Å²) in [5.74, 6) is 0.922. The summed E-state index contributed by atoms with van der Waals surface area (Å²) in [4.78, 5) is 0. The molecule has 2 rings (SSSR count). The Balaban J connectivity index is 2.02. The Kier molecular flexibility index (Phi) is 3.87. The molecule has 2 aromatic carbocycles. The van der Waals surface area contributed by atoms with E-state index in [0.717, 1.165) is 6.42 Å². The van der Waals surface area contributed by atoms with E-state index in [2.05, 4.69) is 74.5 Å². The molecular formula is C17H19+. The third-order valence-corrected chi connectivity index (χ3v) is 3.28. The predicted molar refractivity (Wildman–Crippen MR) is 74.0 cm³/mol. The molecule has 0 aliphatic heterocycles. The summed E-state index contributed by atoms with van der Waals surface area (Å²) >= 11 is 0. The zero-order valence-corrected chi connectivity index (χ0v) is 10.3. The first kappa shape index (κ1) is 11.8. The first-order valence-electron chi connectivity index (χ1n) is 6.20. The maximum absolute atomic E-state index is 4.27. The molecule has 0 saturated carbocycles. The normalized spacial score (nSPS) is 14.2. The maximum Gasteiger partial charge on any atom is 0.121 e. The zero-order chi connectivity index (χ0) is 12.1. The van der Waals surface area contributed by atoms with Gasteiger partial charge in [-0.1, -0.05) is 67.6 Å². The van der Waals surface area contributed by atoms with Crippen molar-refractivity contribution in [3.8, 4) is 0 Å². The minimum absolute atomic E-state index is 0.367. The van der Waals surface area contributed by atoms with Crippen molar-refractivity contribution in [3.63, 3.8) is 0 Å². The van der Waals surface area contributed by atoms with Crippen LogP contribution in [0.5, 0.6) is 0 Å². The van der Waals surface area contributed by atoms with E-state index in [1.807, 2.05) is 0 Å². The molecule has 0 bridgehead atoms. The minimum atomic E-state index is 0.367. The van der Waals surface area contributed by atoms with Crippen LogP contribution in [0.1, 0.15) is 36.3 Å². The molecule has 17 heavy (non-hydrogen) atoms. The zero-order valence-electron chi connectivity index (χ0n) is 10.3. The summed E-state index contributed by atoms with van der Waals surface area (Å²) in [5.41, 5.74) is 2.73. The highest BCUT2D eigenvalue weighted by molar-refractivity contribution is 5.23. The number of rotatable bonds is 4. The lowest BCUT2D eigenvalue weighted by atomic mass is 9.87. The molecule has 0 heteroatoms. The van der Waals surface area contributed by atoms with Gasteiger partial charge in [-0.2, -0.15) is 0 Å². The van der Waals surface area contributed by atoms with Crippen molar-refractivity contribution in [3.05, 3.63) is 78.7 Å². The van der Waals surface area contributed by atoms with Gasteiger partial charge in [-0.25, -0.2) is 0 Å². The van der Waals surface area contributed by atoms with Crippen molar-refractivity contribution in [1.29, 1.82) is 0 Å². The van der Waals surface area contributed by atoms with E-state index in [1.165, 1.54) is 11.1 Å². The third-order valence-electron chi connectivity index (χ3n) is 3.28. The summed E-state index contributed by atoms with van der Waals surface area (Å²) in [6.07, 6.45) is 1.09. The molecule has 0 aliphatic rings. The Morgan fingerprint density at radius 3 is 1.82 bits per heavy atom. The van der Waals surface area contributed by atoms with Crippen molar-refractivity contribution in [2.75, 3.05) is 0 Å². The van der Waals surface area contributed by atoms with Gasteiger partial charge in [0.25, 0.3) is 0 Å². The molecule has 0 heterocycles. The molecule has 0 saturated heterocycles. The van der Waals surface area contributed by atoms with E-state index in [0.29, 0.717) is 11.8 Å². The van der Waals surface area contributed by atoms with Gasteiger partial charge in [0.15, 0.2) is 0 Å². The standard InChI is InChI=1S/C17H19/c1-14(16-9-5-3-6-10-16)13-15(2)17-11-7-4-8-12-17/h3-12,14-15H,1,13H2,2H3/q+1/t14-,15-/m0/s1. The van der Waals surface area contributed by atoms with Crippen LogP contribution in [-0.2, 0) is 0 Å². The third kappa shape index (κ3) is 3.13. The molecule has 0 aliphatic carbocycles. The molecule has 0 fully saturated rings. The molecule has 86 valence electrons. The fourth-order valence-corrected chi connectivity index (χ4v) is 2.21. The van der Waals surface area contributed by atoms with E-state index < -0.39 is 0 Å². The molecule has 0 amide bonds. The van der Waals surface area contributed by atoms with Crippen LogP contribution in [0.4, 0.5) is 0 Å². The molecule has 0 nitrogen and oxygen atoms in total. The van der Waals surface area contributed by atoms with E-state index >= 15 is 0 Å². The van der Waals surface area contributed by atoms with Crippen LogP contribution in [0.3, 0.4) is 0 Å². The fourth-order valence-electron chi connectivity index (χ4n) is 2.21. The minimum Gasteiger partial charge on any atom is -0.0622 e. The van der Waals surface area contributed by atoms with Crippen molar-refractivity contribution in [2.45, 2.75) is 25.2 Å². The second-order valence-corrected chi connectivity index (χ2v) is 4.66. The Bertz CT molecular complexity index is 387. The molecule has 0 N–H and O–H groups in total. The topological polar surface area (TPSA) is 0 Å². The van der Waals surface area contributed by atoms with Crippen LogP contribution in [0, 0.1) is 6.92 Å². The number of hydrogen-bond donors (Lipinski definition) is 0. The van der Waals surface area contributed by atoms with Gasteiger partial charge in [0.1, 0.15) is 5.92 Å². The average Bonchev–Trinajstić information content (AvgIpc) is 2.40. The van der Waals surface area contributed by atoms with E-state index in [-0.39, 0.29) is 0 Å². The quantitative estimate of drug-likeness (QED) is 0.653. The second-order valence-electron chi connectivity index (χ2n) is 4.66. The first-order valence-corrected chi connectivity index (χ1v) is 6.20. The maximum atomic E-state index is 4.27. The van der Waals surface area contributed by atoms with Crippen LogP contribution in [0.25, 0.3) is 0 Å². The van der Waals surface area contributed by atoms with Gasteiger partial charge >= 0.3 is 0 Å². The van der Waals surface area contributed by atoms with Gasteiger partial charge in [0.05, 0.1) is 6.92 Å². The van der Waals surface area contributed by atoms with Crippen LogP contribution in [0.2, 0.25) is 0 Å². The van der Waals surface area contributed by atoms with Gasteiger partial charge in [-0.3, -0.25) is 0 Å². The van der Waals surface area contributed by atoms with Crippen molar-refractivity contribution < 1.29 is 0 Å². The van der Waals surface area contributed by atoms with Crippen LogP contribution in [-0.4, -0.2) is 0 Å². The molecule has 0 spiro atoms. The van der Waals surface area contributed by atoms with Crippen molar-refractivity contribution >= 4 is 0 Å². The van der Waals surface area contributed by atoms with Gasteiger partial charge in [-0.15, -0.1) is 0 Å². The van der Waals surface area contributed by atoms with Crippen molar-refractivity contribution in [2.24, 2.45) is 0 Å². The predicted octanol–water partition coefficient (Wildman–Crippen LogP) is 4.80. The summed E-state index contributed by atoms with van der Waals surface area (Å²) in [5, 5.41) is 0. The highest BCUT2D eigenvalue weighted by Gasteiger charge is 2.16. The molecule has 2 aromatic rings. The lowest BCUT2D eigenvalue weighted by Crippen LogP contribution is -2.01. The SMILES string of the molecule is [CH2+][C@@H](C[C@H](C)c1ccccc1)c1ccccc1. The highest BCUT2D eigenvalue weighted by Crippen LogP contribution is 2.28. The van der Waals surface area contributed by atoms with E-state index in [9.17, 15) is 0 Å². The number of benzene rings is 2. The lowest BCUT2D eigenvalue weighted by Gasteiger charge is -2.14. The summed E-state index contributed by atoms with van der Waals surface area (Å²) in [6.45, 7) is 6.55. The van der Waals surface area contributed by atoms with E-state index in [1.54, 1.807) is 0 Å². The Hall–Kier alpha value is -1.69. The summed E-state index contributed by atoms with van der Waals surface area (Å²) < 4.78 is 0. The van der Waals surface area contributed by atoms with Gasteiger partial charge in [-0.05, 0) is 17.0 Å². The Morgan fingerprint density at radius 1 is 0.824 bits per heavy atom. The second kappa shape index (κ2) is 5.58. The van der Waals surface area contributed by atoms with Gasteiger partial charge in [0.2, 0.25) is 0 Å². The Labute approximate surface area is 104 Å². The monoisotopic (exact) mass is 223 g/mol. The molecule has 0 aromatic heterocycles. The Morgan fingerprint density at radius 2 is 1.29 bits per heavy atom. The van der Waals surface area contributed by atoms with Gasteiger partial charge in [0, 0.05) is 6.42 Å². The lowest BCUT2D eigenvalue weighted by molar-refractivity contribution is 0.627. The molecule has 0 radical (unpaired) electrons. The van der Waals surface area contributed by atoms with Gasteiger partial charge < -0.3 is 0 Å². The first-order chi connectivity index (χ1) is 8.27. The van der Waals surface area contributed by atoms with E-state index in [4.69, 9.17) is 0 Å². The largest absolute Gasteiger partial charge is 0.121 e. The molecule has 2 atom stereocenters. The van der Waals surface area contributed by atoms with Crippen LogP contribution in [0.15, 0.2) is 60.7 Å². The molecule has 0 unspecified atom stereocenters. The summed E-state index contributed by atoms with van der Waals surface area (Å²) in [6, 6.07) is 21.2. The summed E-state index contributed by atoms with van der Waals surface area (Å²) in [7, 11) is 0. The smallest absolute Gasteiger partial charge is 0.0622 e. The highest BCUT2D eigenvalue weighted by atomic mass is 14.2. The van der Waals surface area contributed by atoms with Crippen LogP contribution >= 0.6 is 0 Å². The average molecular weight is 223 g/mol. The fraction of sp³-hybridized carbons (Fsp3) is 0.235. The number of hydrogen-bond acceptors (Lipinski definition) is 0.